The standard InChI is InChI=1S/C29H28N2O9S2/c1-3-37-22-13-17-25(18-14-22)41(33,34)39-24-11-9-21(10-12-24)30-29(32)31-27-7-5-6-8-28(27)40-42(35,36)26-19-15-23(16-20-26)38-4-2/h5-20H,3-4H2,1-2H3,(H2,30,31,32). The molecule has 0 saturated carbocycles. The average molecular weight is 613 g/mol. The summed E-state index contributed by atoms with van der Waals surface area (Å²) in [4.78, 5) is 12.5. The van der Waals surface area contributed by atoms with Gasteiger partial charge in [0.05, 0.1) is 18.9 Å². The summed E-state index contributed by atoms with van der Waals surface area (Å²) in [7, 11) is -8.29. The first-order chi connectivity index (χ1) is 20.1. The summed E-state index contributed by atoms with van der Waals surface area (Å²) in [5.41, 5.74) is 0.421. The molecule has 0 aromatic heterocycles. The zero-order chi connectivity index (χ0) is 30.2. The highest BCUT2D eigenvalue weighted by molar-refractivity contribution is 7.87. The lowest BCUT2D eigenvalue weighted by atomic mass is 10.3. The molecule has 0 aliphatic heterocycles. The number of carbonyl (C=O) groups is 1. The van der Waals surface area contributed by atoms with Crippen LogP contribution in [0, 0.1) is 0 Å². The van der Waals surface area contributed by atoms with E-state index in [0.717, 1.165) is 0 Å². The Kier molecular flexibility index (Phi) is 9.55. The Bertz CT molecular complexity index is 1720. The number of nitrogens with one attached hydrogen (secondary N) is 2. The highest BCUT2D eigenvalue weighted by Gasteiger charge is 2.20. The summed E-state index contributed by atoms with van der Waals surface area (Å²) >= 11 is 0. The lowest BCUT2D eigenvalue weighted by Gasteiger charge is -2.13. The van der Waals surface area contributed by atoms with Gasteiger partial charge in [-0.2, -0.15) is 16.8 Å². The minimum atomic E-state index is -4.20. The number of benzene rings is 4. The minimum Gasteiger partial charge on any atom is -0.494 e. The molecule has 2 N–H and O–H groups in total. The molecule has 0 aliphatic rings. The van der Waals surface area contributed by atoms with Gasteiger partial charge < -0.3 is 28.5 Å². The number of amides is 2. The van der Waals surface area contributed by atoms with Gasteiger partial charge in [0.1, 0.15) is 27.0 Å². The van der Waals surface area contributed by atoms with E-state index in [-0.39, 0.29) is 27.0 Å². The first kappa shape index (κ1) is 30.2. The monoisotopic (exact) mass is 612 g/mol. The molecule has 4 aromatic carbocycles. The second-order valence-electron chi connectivity index (χ2n) is 8.48. The number of anilines is 2. The number of hydrogen-bond donors (Lipinski definition) is 2. The molecule has 13 heteroatoms. The van der Waals surface area contributed by atoms with Crippen LogP contribution in [0.4, 0.5) is 16.2 Å². The van der Waals surface area contributed by atoms with Gasteiger partial charge in [0.25, 0.3) is 0 Å². The van der Waals surface area contributed by atoms with Crippen molar-refractivity contribution in [3.8, 4) is 23.0 Å². The molecule has 0 heterocycles. The number of ether oxygens (including phenoxy) is 2. The van der Waals surface area contributed by atoms with E-state index in [9.17, 15) is 21.6 Å². The Morgan fingerprint density at radius 3 is 1.60 bits per heavy atom. The van der Waals surface area contributed by atoms with Crippen molar-refractivity contribution in [3.63, 3.8) is 0 Å². The van der Waals surface area contributed by atoms with Gasteiger partial charge in [0.15, 0.2) is 5.75 Å². The number of para-hydroxylation sites is 2. The second-order valence-corrected chi connectivity index (χ2v) is 11.6. The Morgan fingerprint density at radius 2 is 1.07 bits per heavy atom. The van der Waals surface area contributed by atoms with Gasteiger partial charge in [-0.1, -0.05) is 12.1 Å². The van der Waals surface area contributed by atoms with Crippen LogP contribution < -0.4 is 28.5 Å². The summed E-state index contributed by atoms with van der Waals surface area (Å²) in [6, 6.07) is 22.6. The highest BCUT2D eigenvalue weighted by atomic mass is 32.2. The minimum absolute atomic E-state index is 0.0353. The van der Waals surface area contributed by atoms with E-state index >= 15 is 0 Å². The number of rotatable bonds is 12. The van der Waals surface area contributed by atoms with Crippen molar-refractivity contribution in [1.29, 1.82) is 0 Å². The summed E-state index contributed by atoms with van der Waals surface area (Å²) in [5.74, 6) is 0.996. The van der Waals surface area contributed by atoms with Crippen molar-refractivity contribution in [2.75, 3.05) is 23.8 Å². The van der Waals surface area contributed by atoms with Crippen molar-refractivity contribution in [2.24, 2.45) is 0 Å². The summed E-state index contributed by atoms with van der Waals surface area (Å²) in [6.07, 6.45) is 0. The fourth-order valence-corrected chi connectivity index (χ4v) is 5.48. The van der Waals surface area contributed by atoms with E-state index in [1.165, 1.54) is 84.9 Å². The van der Waals surface area contributed by atoms with Gasteiger partial charge in [-0.25, -0.2) is 4.79 Å². The van der Waals surface area contributed by atoms with Gasteiger partial charge in [0, 0.05) is 5.69 Å². The molecule has 11 nitrogen and oxygen atoms in total. The third-order valence-corrected chi connectivity index (χ3v) is 8.01. The van der Waals surface area contributed by atoms with E-state index < -0.39 is 26.3 Å². The summed E-state index contributed by atoms with van der Waals surface area (Å²) < 4.78 is 71.9. The maximum Gasteiger partial charge on any atom is 0.339 e. The Morgan fingerprint density at radius 1 is 0.595 bits per heavy atom. The largest absolute Gasteiger partial charge is 0.494 e. The zero-order valence-corrected chi connectivity index (χ0v) is 24.3. The maximum absolute atomic E-state index is 12.8. The molecule has 0 bridgehead atoms. The van der Waals surface area contributed by atoms with E-state index in [0.29, 0.717) is 30.4 Å². The predicted octanol–water partition coefficient (Wildman–Crippen LogP) is 5.66. The molecule has 4 aromatic rings. The molecular weight excluding hydrogens is 584 g/mol. The van der Waals surface area contributed by atoms with Crippen LogP contribution in [0.15, 0.2) is 107 Å². The molecule has 4 rings (SSSR count). The summed E-state index contributed by atoms with van der Waals surface area (Å²) in [6.45, 7) is 4.53. The van der Waals surface area contributed by atoms with E-state index in [1.54, 1.807) is 12.1 Å². The molecule has 0 radical (unpaired) electrons. The van der Waals surface area contributed by atoms with Gasteiger partial charge in [-0.05, 0) is 98.8 Å². The Hall–Kier alpha value is -4.75. The number of hydrogen-bond acceptors (Lipinski definition) is 9. The molecule has 0 unspecified atom stereocenters. The molecule has 220 valence electrons. The molecule has 0 aliphatic carbocycles. The van der Waals surface area contributed by atoms with E-state index in [1.807, 2.05) is 13.8 Å². The quantitative estimate of drug-likeness (QED) is 0.193. The van der Waals surface area contributed by atoms with Gasteiger partial charge in [-0.15, -0.1) is 0 Å². The molecule has 2 amide bonds. The number of urea groups is 1. The fourth-order valence-electron chi connectivity index (χ4n) is 3.60. The fraction of sp³-hybridized carbons (Fsp3) is 0.138. The normalized spacial score (nSPS) is 11.3. The van der Waals surface area contributed by atoms with Crippen LogP contribution in [0.25, 0.3) is 0 Å². The molecule has 0 saturated heterocycles. The van der Waals surface area contributed by atoms with Crippen LogP contribution >= 0.6 is 0 Å². The van der Waals surface area contributed by atoms with Gasteiger partial charge >= 0.3 is 26.3 Å². The van der Waals surface area contributed by atoms with Crippen LogP contribution in [0.3, 0.4) is 0 Å². The van der Waals surface area contributed by atoms with Crippen molar-refractivity contribution in [3.05, 3.63) is 97.1 Å². The van der Waals surface area contributed by atoms with Crippen molar-refractivity contribution in [1.82, 2.24) is 0 Å². The van der Waals surface area contributed by atoms with Crippen LogP contribution in [-0.4, -0.2) is 36.1 Å². The first-order valence-electron chi connectivity index (χ1n) is 12.7. The lowest BCUT2D eigenvalue weighted by molar-refractivity contribution is 0.262. The van der Waals surface area contributed by atoms with Crippen LogP contribution in [0.5, 0.6) is 23.0 Å². The third kappa shape index (κ3) is 7.92. The lowest BCUT2D eigenvalue weighted by Crippen LogP contribution is -2.20. The third-order valence-electron chi connectivity index (χ3n) is 5.50. The SMILES string of the molecule is CCOc1ccc(S(=O)(=O)Oc2ccc(NC(=O)Nc3ccccc3OS(=O)(=O)c3ccc(OCC)cc3)cc2)cc1. The molecule has 42 heavy (non-hydrogen) atoms. The second kappa shape index (κ2) is 13.3. The zero-order valence-electron chi connectivity index (χ0n) is 22.6. The topological polar surface area (TPSA) is 146 Å². The van der Waals surface area contributed by atoms with Crippen LogP contribution in [-0.2, 0) is 20.2 Å². The van der Waals surface area contributed by atoms with E-state index in [2.05, 4.69) is 10.6 Å². The smallest absolute Gasteiger partial charge is 0.339 e. The molecule has 0 atom stereocenters. The summed E-state index contributed by atoms with van der Waals surface area (Å²) in [5, 5.41) is 5.13. The molecule has 0 spiro atoms. The average Bonchev–Trinajstić information content (AvgIpc) is 2.96. The van der Waals surface area contributed by atoms with Gasteiger partial charge in [0.2, 0.25) is 0 Å². The highest BCUT2D eigenvalue weighted by Crippen LogP contribution is 2.29. The molecular formula is C29H28N2O9S2. The van der Waals surface area contributed by atoms with Crippen LogP contribution in [0.1, 0.15) is 13.8 Å². The van der Waals surface area contributed by atoms with E-state index in [4.69, 9.17) is 17.8 Å². The number of carbonyl (C=O) groups excluding carboxylic acids is 1. The van der Waals surface area contributed by atoms with Crippen molar-refractivity contribution >= 4 is 37.6 Å². The molecule has 0 fully saturated rings. The first-order valence-corrected chi connectivity index (χ1v) is 15.5. The Balaban J connectivity index is 1.38. The van der Waals surface area contributed by atoms with Crippen molar-refractivity contribution < 1.29 is 39.5 Å². The maximum atomic E-state index is 12.8. The Labute approximate surface area is 244 Å². The van der Waals surface area contributed by atoms with Gasteiger partial charge in [-0.3, -0.25) is 0 Å². The predicted molar refractivity (Wildman–Crippen MR) is 156 cm³/mol. The van der Waals surface area contributed by atoms with Crippen molar-refractivity contribution in [2.45, 2.75) is 23.6 Å². The van der Waals surface area contributed by atoms with Crippen LogP contribution in [0.2, 0.25) is 0 Å².